The van der Waals surface area contributed by atoms with E-state index < -0.39 is 6.10 Å². The molecule has 0 aromatic heterocycles. The average molecular weight is 420 g/mol. The Morgan fingerprint density at radius 2 is 1.76 bits per heavy atom. The molecule has 1 N–H and O–H groups in total. The van der Waals surface area contributed by atoms with E-state index in [9.17, 15) is 14.0 Å². The van der Waals surface area contributed by atoms with E-state index >= 15 is 0 Å². The number of nitrogens with zero attached hydrogens (tertiary/aromatic N) is 2. The van der Waals surface area contributed by atoms with Gasteiger partial charge in [0.2, 0.25) is 5.91 Å². The second-order valence-electron chi connectivity index (χ2n) is 6.84. The van der Waals surface area contributed by atoms with Gasteiger partial charge in [0, 0.05) is 26.2 Å². The molecule has 0 bridgehead atoms. The number of hydrogen-bond acceptors (Lipinski definition) is 4. The molecule has 6 nitrogen and oxygen atoms in total. The van der Waals surface area contributed by atoms with Crippen LogP contribution in [-0.2, 0) is 9.59 Å². The van der Waals surface area contributed by atoms with Crippen molar-refractivity contribution in [1.29, 1.82) is 0 Å². The van der Waals surface area contributed by atoms with Gasteiger partial charge in [-0.05, 0) is 43.3 Å². The monoisotopic (exact) mass is 419 g/mol. The van der Waals surface area contributed by atoms with Crippen molar-refractivity contribution >= 4 is 29.1 Å². The van der Waals surface area contributed by atoms with Gasteiger partial charge in [-0.2, -0.15) is 0 Å². The lowest BCUT2D eigenvalue weighted by atomic mass is 10.2. The van der Waals surface area contributed by atoms with Crippen LogP contribution < -0.4 is 10.1 Å². The maximum atomic E-state index is 13.0. The van der Waals surface area contributed by atoms with Crippen LogP contribution in [0.3, 0.4) is 0 Å². The van der Waals surface area contributed by atoms with Crippen LogP contribution in [0, 0.1) is 5.82 Å². The molecular formula is C21H23ClFN3O3. The molecule has 1 heterocycles. The topological polar surface area (TPSA) is 61.9 Å². The zero-order valence-electron chi connectivity index (χ0n) is 16.1. The Bertz CT molecular complexity index is 855. The van der Waals surface area contributed by atoms with Gasteiger partial charge in [-0.1, -0.05) is 23.7 Å². The van der Waals surface area contributed by atoms with Crippen LogP contribution in [0.15, 0.2) is 48.5 Å². The van der Waals surface area contributed by atoms with Crippen LogP contribution in [0.2, 0.25) is 5.02 Å². The normalized spacial score (nSPS) is 15.6. The Kier molecular flexibility index (Phi) is 7.06. The molecule has 0 radical (unpaired) electrons. The molecule has 2 aromatic rings. The Morgan fingerprint density at radius 1 is 1.10 bits per heavy atom. The SMILES string of the molecule is C[C@H](Oc1ccc(F)cc1)C(=O)N1CCN(CC(=O)Nc2ccccc2Cl)CC1. The summed E-state index contributed by atoms with van der Waals surface area (Å²) in [4.78, 5) is 28.5. The van der Waals surface area contributed by atoms with Crippen molar-refractivity contribution in [1.82, 2.24) is 9.80 Å². The fourth-order valence-electron chi connectivity index (χ4n) is 3.11. The second kappa shape index (κ2) is 9.71. The number of carbonyl (C=O) groups excluding carboxylic acids is 2. The van der Waals surface area contributed by atoms with E-state index in [4.69, 9.17) is 16.3 Å². The smallest absolute Gasteiger partial charge is 0.263 e. The molecule has 3 rings (SSSR count). The third-order valence-electron chi connectivity index (χ3n) is 4.67. The molecule has 1 saturated heterocycles. The Balaban J connectivity index is 1.44. The molecular weight excluding hydrogens is 397 g/mol. The summed E-state index contributed by atoms with van der Waals surface area (Å²) in [6.07, 6.45) is -0.671. The van der Waals surface area contributed by atoms with Crippen molar-refractivity contribution in [2.45, 2.75) is 13.0 Å². The summed E-state index contributed by atoms with van der Waals surface area (Å²) in [6.45, 7) is 4.10. The summed E-state index contributed by atoms with van der Waals surface area (Å²) >= 11 is 6.06. The molecule has 29 heavy (non-hydrogen) atoms. The van der Waals surface area contributed by atoms with Gasteiger partial charge in [0.1, 0.15) is 11.6 Å². The van der Waals surface area contributed by atoms with E-state index in [-0.39, 0.29) is 24.2 Å². The first kappa shape index (κ1) is 21.1. The van der Waals surface area contributed by atoms with Crippen LogP contribution in [0.4, 0.5) is 10.1 Å². The van der Waals surface area contributed by atoms with Gasteiger partial charge in [0.25, 0.3) is 5.91 Å². The summed E-state index contributed by atoms with van der Waals surface area (Å²) in [5.41, 5.74) is 0.583. The van der Waals surface area contributed by atoms with Crippen molar-refractivity contribution in [3.8, 4) is 5.75 Å². The van der Waals surface area contributed by atoms with E-state index in [2.05, 4.69) is 5.32 Å². The maximum Gasteiger partial charge on any atom is 0.263 e. The third kappa shape index (κ3) is 5.92. The minimum Gasteiger partial charge on any atom is -0.481 e. The summed E-state index contributed by atoms with van der Waals surface area (Å²) in [7, 11) is 0. The number of halogens is 2. The highest BCUT2D eigenvalue weighted by molar-refractivity contribution is 6.33. The highest BCUT2D eigenvalue weighted by Crippen LogP contribution is 2.20. The van der Waals surface area contributed by atoms with Crippen molar-refractivity contribution in [2.75, 3.05) is 38.0 Å². The molecule has 0 unspecified atom stereocenters. The molecule has 154 valence electrons. The number of piperazine rings is 1. The standard InChI is InChI=1S/C21H23ClFN3O3/c1-15(29-17-8-6-16(23)7-9-17)21(28)26-12-10-25(11-13-26)14-20(27)24-19-5-3-2-4-18(19)22/h2-9,15H,10-14H2,1H3,(H,24,27)/t15-/m0/s1. The Morgan fingerprint density at radius 3 is 2.41 bits per heavy atom. The fraction of sp³-hybridized carbons (Fsp3) is 0.333. The fourth-order valence-corrected chi connectivity index (χ4v) is 3.29. The zero-order chi connectivity index (χ0) is 20.8. The minimum absolute atomic E-state index is 0.130. The molecule has 2 amide bonds. The first-order valence-corrected chi connectivity index (χ1v) is 9.78. The largest absolute Gasteiger partial charge is 0.481 e. The minimum atomic E-state index is -0.671. The van der Waals surface area contributed by atoms with Crippen LogP contribution in [0.1, 0.15) is 6.92 Å². The molecule has 0 saturated carbocycles. The van der Waals surface area contributed by atoms with Gasteiger partial charge in [0.05, 0.1) is 17.3 Å². The lowest BCUT2D eigenvalue weighted by Crippen LogP contribution is -2.53. The summed E-state index contributed by atoms with van der Waals surface area (Å²) in [6, 6.07) is 12.6. The van der Waals surface area contributed by atoms with E-state index in [1.807, 2.05) is 4.90 Å². The van der Waals surface area contributed by atoms with Crippen LogP contribution in [0.5, 0.6) is 5.75 Å². The molecule has 8 heteroatoms. The molecule has 2 aromatic carbocycles. The zero-order valence-corrected chi connectivity index (χ0v) is 16.9. The summed E-state index contributed by atoms with van der Waals surface area (Å²) in [5, 5.41) is 3.29. The van der Waals surface area contributed by atoms with Gasteiger partial charge >= 0.3 is 0 Å². The number of nitrogens with one attached hydrogen (secondary N) is 1. The van der Waals surface area contributed by atoms with E-state index in [1.54, 1.807) is 36.1 Å². The number of carbonyl (C=O) groups is 2. The van der Waals surface area contributed by atoms with Gasteiger partial charge < -0.3 is 15.0 Å². The number of benzene rings is 2. The van der Waals surface area contributed by atoms with Crippen molar-refractivity contribution in [3.05, 3.63) is 59.4 Å². The highest BCUT2D eigenvalue weighted by Gasteiger charge is 2.26. The van der Waals surface area contributed by atoms with Gasteiger partial charge in [-0.15, -0.1) is 0 Å². The van der Waals surface area contributed by atoms with Gasteiger partial charge in [-0.3, -0.25) is 14.5 Å². The number of ether oxygens (including phenoxy) is 1. The maximum absolute atomic E-state index is 13.0. The van der Waals surface area contributed by atoms with Gasteiger partial charge in [-0.25, -0.2) is 4.39 Å². The molecule has 1 aliphatic heterocycles. The number of rotatable bonds is 6. The van der Waals surface area contributed by atoms with Gasteiger partial charge in [0.15, 0.2) is 6.10 Å². The number of anilines is 1. The van der Waals surface area contributed by atoms with E-state index in [0.29, 0.717) is 42.6 Å². The third-order valence-corrected chi connectivity index (χ3v) is 5.00. The molecule has 1 fully saturated rings. The van der Waals surface area contributed by atoms with Crippen molar-refractivity contribution < 1.29 is 18.7 Å². The lowest BCUT2D eigenvalue weighted by Gasteiger charge is -2.35. The molecule has 1 atom stereocenters. The number of para-hydroxylation sites is 1. The number of amides is 2. The molecule has 0 aliphatic carbocycles. The Labute approximate surface area is 174 Å². The molecule has 0 spiro atoms. The quantitative estimate of drug-likeness (QED) is 0.781. The summed E-state index contributed by atoms with van der Waals surface area (Å²) < 4.78 is 18.6. The first-order valence-electron chi connectivity index (χ1n) is 9.40. The van der Waals surface area contributed by atoms with Crippen molar-refractivity contribution in [3.63, 3.8) is 0 Å². The predicted molar refractivity (Wildman–Crippen MR) is 110 cm³/mol. The first-order chi connectivity index (χ1) is 13.9. The second-order valence-corrected chi connectivity index (χ2v) is 7.25. The predicted octanol–water partition coefficient (Wildman–Crippen LogP) is 3.03. The highest BCUT2D eigenvalue weighted by atomic mass is 35.5. The summed E-state index contributed by atoms with van der Waals surface area (Å²) in [5.74, 6) is -0.187. The van der Waals surface area contributed by atoms with Crippen LogP contribution in [-0.4, -0.2) is 60.4 Å². The average Bonchev–Trinajstić information content (AvgIpc) is 2.71. The van der Waals surface area contributed by atoms with E-state index in [0.717, 1.165) is 0 Å². The van der Waals surface area contributed by atoms with E-state index in [1.165, 1.54) is 24.3 Å². The Hall–Kier alpha value is -2.64. The van der Waals surface area contributed by atoms with Crippen LogP contribution in [0.25, 0.3) is 0 Å². The number of hydrogen-bond donors (Lipinski definition) is 1. The van der Waals surface area contributed by atoms with Crippen molar-refractivity contribution in [2.24, 2.45) is 0 Å². The molecule has 1 aliphatic rings. The van der Waals surface area contributed by atoms with Crippen LogP contribution >= 0.6 is 11.6 Å². The lowest BCUT2D eigenvalue weighted by molar-refractivity contribution is -0.139.